The maximum Gasteiger partial charge on any atom is 0.163 e. The van der Waals surface area contributed by atoms with Gasteiger partial charge in [0.1, 0.15) is 0 Å². The molecule has 0 fully saturated rings. The van der Waals surface area contributed by atoms with Crippen LogP contribution in [0.15, 0.2) is 4.99 Å². The number of aliphatic imine (C=N–C) groups is 1. The summed E-state index contributed by atoms with van der Waals surface area (Å²) in [5.41, 5.74) is 0.537. The largest absolute Gasteiger partial charge is 0.297 e. The number of nitrogens with zero attached hydrogens (tertiary/aromatic N) is 1. The smallest absolute Gasteiger partial charge is 0.163 e. The molecule has 0 aliphatic heterocycles. The fourth-order valence-corrected chi connectivity index (χ4v) is 0.0527. The Labute approximate surface area is 36.9 Å². The van der Waals surface area contributed by atoms with Crippen LogP contribution in [0.2, 0.25) is 0 Å². The van der Waals surface area contributed by atoms with Gasteiger partial charge in [-0.2, -0.15) is 0 Å². The minimum atomic E-state index is 0.537. The van der Waals surface area contributed by atoms with Crippen molar-refractivity contribution in [3.8, 4) is 0 Å². The van der Waals surface area contributed by atoms with Crippen molar-refractivity contribution in [1.29, 1.82) is 0 Å². The molecule has 0 aliphatic rings. The lowest BCUT2D eigenvalue weighted by Crippen LogP contribution is -1.88. The summed E-state index contributed by atoms with van der Waals surface area (Å²) < 4.78 is 0. The number of hydrogen-bond donors (Lipinski definition) is 0. The van der Waals surface area contributed by atoms with Gasteiger partial charge in [0, 0.05) is 7.05 Å². The molecule has 0 bridgehead atoms. The van der Waals surface area contributed by atoms with E-state index >= 15 is 0 Å². The van der Waals surface area contributed by atoms with Gasteiger partial charge in [0.25, 0.3) is 0 Å². The monoisotopic (exact) mass is 85.1 g/mol. The van der Waals surface area contributed by atoms with Crippen LogP contribution in [0.5, 0.6) is 0 Å². The quantitative estimate of drug-likeness (QED) is 0.332. The zero-order valence-electron chi connectivity index (χ0n) is 3.93. The van der Waals surface area contributed by atoms with Gasteiger partial charge in [-0.15, -0.1) is 0 Å². The Morgan fingerprint density at radius 2 is 2.33 bits per heavy atom. The molecule has 2 heteroatoms. The predicted octanol–water partition coefficient (Wildman–Crippen LogP) is 0.276. The second-order valence-corrected chi connectivity index (χ2v) is 0.983. The third-order valence-electron chi connectivity index (χ3n) is 0.523. The van der Waals surface area contributed by atoms with Crippen LogP contribution in [0.4, 0.5) is 0 Å². The Bertz CT molecular complexity index is 75.6. The molecule has 0 aliphatic carbocycles. The molecular formula is C4H7NO. The normalized spacial score (nSPS) is 11.3. The molecule has 0 atom stereocenters. The first kappa shape index (κ1) is 5.34. The Hall–Kier alpha value is -0.660. The first-order valence-corrected chi connectivity index (χ1v) is 1.70. The Morgan fingerprint density at radius 1 is 1.83 bits per heavy atom. The van der Waals surface area contributed by atoms with Gasteiger partial charge in [-0.25, -0.2) is 0 Å². The molecule has 0 N–H and O–H groups in total. The van der Waals surface area contributed by atoms with Crippen molar-refractivity contribution in [3.63, 3.8) is 0 Å². The van der Waals surface area contributed by atoms with Crippen LogP contribution in [0, 0.1) is 0 Å². The molecule has 0 saturated heterocycles. The molecule has 2 nitrogen and oxygen atoms in total. The summed E-state index contributed by atoms with van der Waals surface area (Å²) in [5, 5.41) is 0. The molecule has 0 heterocycles. The first-order chi connectivity index (χ1) is 2.81. The zero-order chi connectivity index (χ0) is 4.99. The second-order valence-electron chi connectivity index (χ2n) is 0.983. The number of hydrogen-bond acceptors (Lipinski definition) is 2. The van der Waals surface area contributed by atoms with E-state index in [0.29, 0.717) is 5.71 Å². The molecule has 0 aromatic carbocycles. The fraction of sp³-hybridized carbons (Fsp3) is 0.500. The number of rotatable bonds is 1. The molecule has 0 radical (unpaired) electrons. The van der Waals surface area contributed by atoms with Crippen molar-refractivity contribution in [2.45, 2.75) is 6.92 Å². The van der Waals surface area contributed by atoms with E-state index in [0.717, 1.165) is 6.29 Å². The summed E-state index contributed by atoms with van der Waals surface area (Å²) in [4.78, 5) is 13.2. The van der Waals surface area contributed by atoms with Gasteiger partial charge in [0.15, 0.2) is 6.29 Å². The molecule has 0 saturated carbocycles. The van der Waals surface area contributed by atoms with E-state index in [1.807, 2.05) is 0 Å². The summed E-state index contributed by atoms with van der Waals surface area (Å²) >= 11 is 0. The van der Waals surface area contributed by atoms with Crippen molar-refractivity contribution < 1.29 is 4.79 Å². The van der Waals surface area contributed by atoms with Crippen molar-refractivity contribution in [2.24, 2.45) is 4.99 Å². The number of carbonyl (C=O) groups is 1. The third-order valence-corrected chi connectivity index (χ3v) is 0.523. The van der Waals surface area contributed by atoms with Gasteiger partial charge in [0.2, 0.25) is 0 Å². The molecular weight excluding hydrogens is 78.0 g/mol. The second kappa shape index (κ2) is 2.57. The van der Waals surface area contributed by atoms with Crippen LogP contribution in [-0.2, 0) is 4.79 Å². The van der Waals surface area contributed by atoms with Crippen LogP contribution in [0.3, 0.4) is 0 Å². The van der Waals surface area contributed by atoms with Gasteiger partial charge in [-0.05, 0) is 6.92 Å². The van der Waals surface area contributed by atoms with Crippen LogP contribution < -0.4 is 0 Å². The van der Waals surface area contributed by atoms with Crippen LogP contribution in [0.25, 0.3) is 0 Å². The van der Waals surface area contributed by atoms with E-state index < -0.39 is 0 Å². The Morgan fingerprint density at radius 3 is 2.33 bits per heavy atom. The highest BCUT2D eigenvalue weighted by molar-refractivity contribution is 6.26. The van der Waals surface area contributed by atoms with Gasteiger partial charge in [-0.3, -0.25) is 9.79 Å². The van der Waals surface area contributed by atoms with Crippen LogP contribution in [-0.4, -0.2) is 19.0 Å². The highest BCUT2D eigenvalue weighted by Crippen LogP contribution is 1.61. The average molecular weight is 85.1 g/mol. The summed E-state index contributed by atoms with van der Waals surface area (Å²) in [6, 6.07) is 0. The van der Waals surface area contributed by atoms with E-state index in [1.165, 1.54) is 0 Å². The van der Waals surface area contributed by atoms with Gasteiger partial charge in [-0.1, -0.05) is 0 Å². The number of carbonyl (C=O) groups excluding carboxylic acids is 1. The standard InChI is InChI=1S/C4H7NO/c1-4(3-6)5-2/h3H,1-2H3/b5-4-. The Kier molecular flexibility index (Phi) is 2.29. The Balaban J connectivity index is 3.50. The molecule has 0 aromatic heterocycles. The van der Waals surface area contributed by atoms with Gasteiger partial charge >= 0.3 is 0 Å². The minimum Gasteiger partial charge on any atom is -0.297 e. The first-order valence-electron chi connectivity index (χ1n) is 1.70. The van der Waals surface area contributed by atoms with Crippen molar-refractivity contribution >= 4 is 12.0 Å². The molecule has 0 aromatic rings. The van der Waals surface area contributed by atoms with E-state index in [1.54, 1.807) is 14.0 Å². The molecule has 0 amide bonds. The summed E-state index contributed by atoms with van der Waals surface area (Å²) in [7, 11) is 1.59. The highest BCUT2D eigenvalue weighted by atomic mass is 16.1. The molecule has 0 unspecified atom stereocenters. The van der Waals surface area contributed by atoms with Crippen molar-refractivity contribution in [1.82, 2.24) is 0 Å². The third kappa shape index (κ3) is 1.64. The SMILES string of the molecule is C/N=C(/C)C=O. The lowest BCUT2D eigenvalue weighted by Gasteiger charge is -1.73. The summed E-state index contributed by atoms with van der Waals surface area (Å²) in [6.07, 6.45) is 0.722. The van der Waals surface area contributed by atoms with Gasteiger partial charge < -0.3 is 0 Å². The zero-order valence-corrected chi connectivity index (χ0v) is 3.93. The fourth-order valence-electron chi connectivity index (χ4n) is 0.0527. The topological polar surface area (TPSA) is 29.4 Å². The maximum absolute atomic E-state index is 9.61. The van der Waals surface area contributed by atoms with E-state index in [4.69, 9.17) is 0 Å². The summed E-state index contributed by atoms with van der Waals surface area (Å²) in [6.45, 7) is 1.66. The lowest BCUT2D eigenvalue weighted by atomic mass is 10.5. The van der Waals surface area contributed by atoms with Crippen molar-refractivity contribution in [3.05, 3.63) is 0 Å². The van der Waals surface area contributed by atoms with Gasteiger partial charge in [0.05, 0.1) is 5.71 Å². The lowest BCUT2D eigenvalue weighted by molar-refractivity contribution is -0.102. The molecule has 0 rings (SSSR count). The predicted molar refractivity (Wildman–Crippen MR) is 25.1 cm³/mol. The van der Waals surface area contributed by atoms with E-state index in [2.05, 4.69) is 4.99 Å². The highest BCUT2D eigenvalue weighted by Gasteiger charge is 1.74. The molecule has 34 valence electrons. The molecule has 6 heavy (non-hydrogen) atoms. The van der Waals surface area contributed by atoms with E-state index in [9.17, 15) is 4.79 Å². The molecule has 0 spiro atoms. The van der Waals surface area contributed by atoms with Crippen LogP contribution >= 0.6 is 0 Å². The number of aldehydes is 1. The van der Waals surface area contributed by atoms with E-state index in [-0.39, 0.29) is 0 Å². The average Bonchev–Trinajstić information content (AvgIpc) is 1.65. The minimum absolute atomic E-state index is 0.537. The maximum atomic E-state index is 9.61. The van der Waals surface area contributed by atoms with Crippen LogP contribution in [0.1, 0.15) is 6.92 Å². The van der Waals surface area contributed by atoms with Crippen molar-refractivity contribution in [2.75, 3.05) is 7.05 Å². The summed E-state index contributed by atoms with van der Waals surface area (Å²) in [5.74, 6) is 0.